The van der Waals surface area contributed by atoms with Crippen molar-refractivity contribution in [3.63, 3.8) is 0 Å². The Bertz CT molecular complexity index is 431. The van der Waals surface area contributed by atoms with Gasteiger partial charge in [-0.05, 0) is 19.1 Å². The molecule has 1 amide bonds. The van der Waals surface area contributed by atoms with Gasteiger partial charge in [0.15, 0.2) is 0 Å². The Balaban J connectivity index is 2.76. The van der Waals surface area contributed by atoms with Crippen LogP contribution >= 0.6 is 0 Å². The molecule has 0 bridgehead atoms. The van der Waals surface area contributed by atoms with Crippen LogP contribution in [-0.4, -0.2) is 31.1 Å². The molecule has 0 unspecified atom stereocenters. The number of aryl methyl sites for hydroxylation is 1. The van der Waals surface area contributed by atoms with Crippen LogP contribution in [0.15, 0.2) is 18.2 Å². The van der Waals surface area contributed by atoms with E-state index in [0.717, 1.165) is 0 Å². The first kappa shape index (κ1) is 13.1. The highest BCUT2D eigenvalue weighted by Crippen LogP contribution is 2.18. The van der Waals surface area contributed by atoms with Crippen molar-refractivity contribution in [2.75, 3.05) is 20.3 Å². The number of benzene rings is 1. The van der Waals surface area contributed by atoms with Crippen molar-refractivity contribution >= 4 is 11.6 Å². The van der Waals surface area contributed by atoms with Crippen LogP contribution in [0.25, 0.3) is 0 Å². The van der Waals surface area contributed by atoms with E-state index in [0.29, 0.717) is 24.3 Å². The minimum absolute atomic E-state index is 0.0124. The van der Waals surface area contributed by atoms with Crippen molar-refractivity contribution in [2.24, 2.45) is 0 Å². The topological polar surface area (TPSA) is 81.5 Å². The number of nitro groups is 1. The summed E-state index contributed by atoms with van der Waals surface area (Å²) in [7, 11) is 1.54. The molecule has 0 saturated carbocycles. The standard InChI is InChI=1S/C11H14N2O4/c1-8-7-9(3-4-10(8)13(15)16)11(14)12-5-6-17-2/h3-4,7H,5-6H2,1-2H3,(H,12,14). The zero-order valence-electron chi connectivity index (χ0n) is 9.73. The van der Waals surface area contributed by atoms with E-state index in [1.165, 1.54) is 18.2 Å². The van der Waals surface area contributed by atoms with Crippen molar-refractivity contribution < 1.29 is 14.5 Å². The van der Waals surface area contributed by atoms with Crippen LogP contribution in [-0.2, 0) is 4.74 Å². The molecule has 0 radical (unpaired) electrons. The summed E-state index contributed by atoms with van der Waals surface area (Å²) in [5, 5.41) is 13.2. The number of carbonyl (C=O) groups is 1. The normalized spacial score (nSPS) is 10.0. The van der Waals surface area contributed by atoms with Crippen LogP contribution in [0.2, 0.25) is 0 Å². The summed E-state index contributed by atoms with van der Waals surface area (Å²) in [6.07, 6.45) is 0. The molecule has 6 nitrogen and oxygen atoms in total. The highest BCUT2D eigenvalue weighted by atomic mass is 16.6. The van der Waals surface area contributed by atoms with Crippen LogP contribution in [0.4, 0.5) is 5.69 Å². The van der Waals surface area contributed by atoms with E-state index in [1.807, 2.05) is 0 Å². The Morgan fingerprint density at radius 3 is 2.76 bits per heavy atom. The molecule has 1 N–H and O–H groups in total. The molecule has 1 aromatic carbocycles. The first-order valence-electron chi connectivity index (χ1n) is 5.08. The molecule has 0 aliphatic heterocycles. The van der Waals surface area contributed by atoms with Crippen molar-refractivity contribution in [2.45, 2.75) is 6.92 Å². The fourth-order valence-corrected chi connectivity index (χ4v) is 1.37. The zero-order chi connectivity index (χ0) is 12.8. The van der Waals surface area contributed by atoms with Crippen molar-refractivity contribution in [1.82, 2.24) is 5.32 Å². The summed E-state index contributed by atoms with van der Waals surface area (Å²) in [5.74, 6) is -0.264. The molecule has 0 aliphatic rings. The molecular formula is C11H14N2O4. The lowest BCUT2D eigenvalue weighted by Crippen LogP contribution is -2.26. The number of nitrogens with one attached hydrogen (secondary N) is 1. The van der Waals surface area contributed by atoms with Crippen LogP contribution < -0.4 is 5.32 Å². The van der Waals surface area contributed by atoms with Crippen LogP contribution in [0.3, 0.4) is 0 Å². The van der Waals surface area contributed by atoms with E-state index in [1.54, 1.807) is 14.0 Å². The predicted octanol–water partition coefficient (Wildman–Crippen LogP) is 1.28. The molecule has 0 aliphatic carbocycles. The van der Waals surface area contributed by atoms with Crippen molar-refractivity contribution in [3.8, 4) is 0 Å². The SMILES string of the molecule is COCCNC(=O)c1ccc([N+](=O)[O-])c(C)c1. The second-order valence-electron chi connectivity index (χ2n) is 3.51. The van der Waals surface area contributed by atoms with E-state index in [-0.39, 0.29) is 11.6 Å². The Morgan fingerprint density at radius 1 is 1.53 bits per heavy atom. The first-order valence-corrected chi connectivity index (χ1v) is 5.08. The molecule has 1 aromatic rings. The lowest BCUT2D eigenvalue weighted by atomic mass is 10.1. The molecule has 0 spiro atoms. The summed E-state index contributed by atoms with van der Waals surface area (Å²) < 4.78 is 4.80. The number of ether oxygens (including phenoxy) is 1. The molecule has 17 heavy (non-hydrogen) atoms. The third kappa shape index (κ3) is 3.53. The highest BCUT2D eigenvalue weighted by molar-refractivity contribution is 5.94. The third-order valence-electron chi connectivity index (χ3n) is 2.25. The van der Waals surface area contributed by atoms with E-state index in [9.17, 15) is 14.9 Å². The van der Waals surface area contributed by atoms with Gasteiger partial charge in [-0.2, -0.15) is 0 Å². The zero-order valence-corrected chi connectivity index (χ0v) is 9.73. The number of hydrogen-bond donors (Lipinski definition) is 1. The van der Waals surface area contributed by atoms with Gasteiger partial charge in [-0.15, -0.1) is 0 Å². The van der Waals surface area contributed by atoms with Gasteiger partial charge in [0.1, 0.15) is 0 Å². The molecule has 0 atom stereocenters. The highest BCUT2D eigenvalue weighted by Gasteiger charge is 2.13. The first-order chi connectivity index (χ1) is 8.06. The van der Waals surface area contributed by atoms with Gasteiger partial charge in [0.05, 0.1) is 11.5 Å². The van der Waals surface area contributed by atoms with Crippen molar-refractivity contribution in [1.29, 1.82) is 0 Å². The Morgan fingerprint density at radius 2 is 2.24 bits per heavy atom. The van der Waals surface area contributed by atoms with Crippen molar-refractivity contribution in [3.05, 3.63) is 39.4 Å². The van der Waals surface area contributed by atoms with Crippen LogP contribution in [0.1, 0.15) is 15.9 Å². The molecule has 0 heterocycles. The second kappa shape index (κ2) is 5.95. The molecule has 92 valence electrons. The van der Waals surface area contributed by atoms with Crippen LogP contribution in [0, 0.1) is 17.0 Å². The van der Waals surface area contributed by atoms with E-state index in [2.05, 4.69) is 5.32 Å². The van der Waals surface area contributed by atoms with Gasteiger partial charge in [-0.1, -0.05) is 0 Å². The van der Waals surface area contributed by atoms with E-state index >= 15 is 0 Å². The fourth-order valence-electron chi connectivity index (χ4n) is 1.37. The van der Waals surface area contributed by atoms with Gasteiger partial charge in [0, 0.05) is 30.8 Å². The van der Waals surface area contributed by atoms with Gasteiger partial charge < -0.3 is 10.1 Å². The second-order valence-corrected chi connectivity index (χ2v) is 3.51. The third-order valence-corrected chi connectivity index (χ3v) is 2.25. The maximum absolute atomic E-state index is 11.6. The minimum atomic E-state index is -0.470. The number of rotatable bonds is 5. The largest absolute Gasteiger partial charge is 0.383 e. The number of nitrogens with zero attached hydrogens (tertiary/aromatic N) is 1. The van der Waals surface area contributed by atoms with E-state index < -0.39 is 4.92 Å². The molecular weight excluding hydrogens is 224 g/mol. The number of methoxy groups -OCH3 is 1. The Labute approximate surface area is 98.7 Å². The quantitative estimate of drug-likeness (QED) is 0.476. The number of nitro benzene ring substituents is 1. The average molecular weight is 238 g/mol. The monoisotopic (exact) mass is 238 g/mol. The summed E-state index contributed by atoms with van der Waals surface area (Å²) in [6.45, 7) is 2.44. The lowest BCUT2D eigenvalue weighted by molar-refractivity contribution is -0.385. The summed E-state index contributed by atoms with van der Waals surface area (Å²) >= 11 is 0. The molecule has 1 rings (SSSR count). The lowest BCUT2D eigenvalue weighted by Gasteiger charge is -2.05. The van der Waals surface area contributed by atoms with Crippen LogP contribution in [0.5, 0.6) is 0 Å². The maximum Gasteiger partial charge on any atom is 0.272 e. The summed E-state index contributed by atoms with van der Waals surface area (Å²) in [6, 6.07) is 4.27. The average Bonchev–Trinajstić information content (AvgIpc) is 2.28. The van der Waals surface area contributed by atoms with Gasteiger partial charge in [0.25, 0.3) is 11.6 Å². The number of hydrogen-bond acceptors (Lipinski definition) is 4. The fraction of sp³-hybridized carbons (Fsp3) is 0.364. The Hall–Kier alpha value is -1.95. The predicted molar refractivity (Wildman–Crippen MR) is 62.0 cm³/mol. The smallest absolute Gasteiger partial charge is 0.272 e. The van der Waals surface area contributed by atoms with Gasteiger partial charge >= 0.3 is 0 Å². The summed E-state index contributed by atoms with van der Waals surface area (Å²) in [5.41, 5.74) is 0.886. The van der Waals surface area contributed by atoms with E-state index in [4.69, 9.17) is 4.74 Å². The van der Waals surface area contributed by atoms with Gasteiger partial charge in [-0.25, -0.2) is 0 Å². The number of amides is 1. The molecule has 0 saturated heterocycles. The molecule has 0 aromatic heterocycles. The molecule has 0 fully saturated rings. The van der Waals surface area contributed by atoms with Gasteiger partial charge in [-0.3, -0.25) is 14.9 Å². The minimum Gasteiger partial charge on any atom is -0.383 e. The molecule has 6 heteroatoms. The summed E-state index contributed by atoms with van der Waals surface area (Å²) in [4.78, 5) is 21.7. The number of carbonyl (C=O) groups excluding carboxylic acids is 1. The maximum atomic E-state index is 11.6. The Kier molecular flexibility index (Phi) is 4.59. The van der Waals surface area contributed by atoms with Gasteiger partial charge in [0.2, 0.25) is 0 Å².